The molecule has 6 heteroatoms. The zero-order valence-corrected chi connectivity index (χ0v) is 8.55. The fourth-order valence-corrected chi connectivity index (χ4v) is 1.74. The van der Waals surface area contributed by atoms with E-state index in [9.17, 15) is 8.42 Å². The maximum Gasteiger partial charge on any atom is 0.238 e. The third-order valence-electron chi connectivity index (χ3n) is 1.97. The van der Waals surface area contributed by atoms with Gasteiger partial charge in [0.05, 0.1) is 11.2 Å². The quantitative estimate of drug-likeness (QED) is 0.806. The zero-order valence-electron chi connectivity index (χ0n) is 7.74. The first kappa shape index (κ1) is 9.88. The van der Waals surface area contributed by atoms with Gasteiger partial charge in [0.25, 0.3) is 0 Å². The molecule has 0 aliphatic heterocycles. The van der Waals surface area contributed by atoms with Crippen LogP contribution in [-0.4, -0.2) is 18.0 Å². The molecule has 0 bridgehead atoms. The molecule has 1 aromatic heterocycles. The molecule has 0 unspecified atom stereocenters. The van der Waals surface area contributed by atoms with Gasteiger partial charge in [-0.3, -0.25) is 0 Å². The summed E-state index contributed by atoms with van der Waals surface area (Å²) in [6.07, 6.45) is 5.05. The minimum Gasteiger partial charge on any atom is -0.306 e. The Morgan fingerprint density at radius 1 is 1.20 bits per heavy atom. The number of aromatic nitrogens is 2. The SMILES string of the molecule is NS(=O)(=O)c1ccc(-n2ccnc2)cc1. The fourth-order valence-electron chi connectivity index (χ4n) is 1.22. The summed E-state index contributed by atoms with van der Waals surface area (Å²) >= 11 is 0. The molecule has 0 spiro atoms. The first-order valence-electron chi connectivity index (χ1n) is 4.18. The third kappa shape index (κ3) is 2.05. The highest BCUT2D eigenvalue weighted by molar-refractivity contribution is 7.89. The van der Waals surface area contributed by atoms with Crippen molar-refractivity contribution in [2.75, 3.05) is 0 Å². The van der Waals surface area contributed by atoms with E-state index in [1.807, 2.05) is 0 Å². The second kappa shape index (κ2) is 3.48. The van der Waals surface area contributed by atoms with Gasteiger partial charge in [-0.25, -0.2) is 18.5 Å². The molecule has 0 aliphatic carbocycles. The van der Waals surface area contributed by atoms with Gasteiger partial charge in [0.1, 0.15) is 0 Å². The first-order chi connectivity index (χ1) is 7.07. The highest BCUT2D eigenvalue weighted by Gasteiger charge is 2.06. The van der Waals surface area contributed by atoms with E-state index in [0.717, 1.165) is 5.69 Å². The number of hydrogen-bond donors (Lipinski definition) is 1. The Kier molecular flexibility index (Phi) is 2.29. The Hall–Kier alpha value is -1.66. The summed E-state index contributed by atoms with van der Waals surface area (Å²) in [6, 6.07) is 6.26. The monoisotopic (exact) mass is 223 g/mol. The van der Waals surface area contributed by atoms with Crippen molar-refractivity contribution in [2.45, 2.75) is 4.90 Å². The molecule has 0 saturated heterocycles. The molecule has 0 amide bonds. The zero-order chi connectivity index (χ0) is 10.9. The van der Waals surface area contributed by atoms with Crippen LogP contribution in [-0.2, 0) is 10.0 Å². The van der Waals surface area contributed by atoms with Crippen molar-refractivity contribution in [3.8, 4) is 5.69 Å². The Morgan fingerprint density at radius 3 is 2.33 bits per heavy atom. The van der Waals surface area contributed by atoms with Gasteiger partial charge in [0.15, 0.2) is 0 Å². The minimum atomic E-state index is -3.61. The highest BCUT2D eigenvalue weighted by Crippen LogP contribution is 2.11. The van der Waals surface area contributed by atoms with Crippen LogP contribution in [0.3, 0.4) is 0 Å². The molecule has 78 valence electrons. The number of imidazole rings is 1. The van der Waals surface area contributed by atoms with Crippen LogP contribution in [0.2, 0.25) is 0 Å². The number of nitrogens with zero attached hydrogens (tertiary/aromatic N) is 2. The van der Waals surface area contributed by atoms with Crippen molar-refractivity contribution < 1.29 is 8.42 Å². The summed E-state index contributed by atoms with van der Waals surface area (Å²) < 4.78 is 23.7. The lowest BCUT2D eigenvalue weighted by Gasteiger charge is -2.02. The highest BCUT2D eigenvalue weighted by atomic mass is 32.2. The lowest BCUT2D eigenvalue weighted by molar-refractivity contribution is 0.598. The fraction of sp³-hybridized carbons (Fsp3) is 0. The largest absolute Gasteiger partial charge is 0.306 e. The lowest BCUT2D eigenvalue weighted by atomic mass is 10.3. The van der Waals surface area contributed by atoms with Gasteiger partial charge in [-0.15, -0.1) is 0 Å². The Bertz CT molecular complexity index is 544. The van der Waals surface area contributed by atoms with Crippen LogP contribution in [0.15, 0.2) is 47.9 Å². The topological polar surface area (TPSA) is 78.0 Å². The second-order valence-corrected chi connectivity index (χ2v) is 4.57. The minimum absolute atomic E-state index is 0.103. The van der Waals surface area contributed by atoms with Crippen molar-refractivity contribution in [3.05, 3.63) is 43.0 Å². The van der Waals surface area contributed by atoms with Crippen LogP contribution in [0.4, 0.5) is 0 Å². The standard InChI is InChI=1S/C9H9N3O2S/c10-15(13,14)9-3-1-8(2-4-9)12-6-5-11-7-12/h1-7H,(H2,10,13,14). The normalized spacial score (nSPS) is 11.5. The molecular weight excluding hydrogens is 214 g/mol. The summed E-state index contributed by atoms with van der Waals surface area (Å²) in [5.41, 5.74) is 0.833. The van der Waals surface area contributed by atoms with Crippen molar-refractivity contribution >= 4 is 10.0 Å². The average molecular weight is 223 g/mol. The average Bonchev–Trinajstić information content (AvgIpc) is 2.69. The van der Waals surface area contributed by atoms with Gasteiger partial charge >= 0.3 is 0 Å². The summed E-state index contributed by atoms with van der Waals surface area (Å²) in [6.45, 7) is 0. The second-order valence-electron chi connectivity index (χ2n) is 3.01. The Morgan fingerprint density at radius 2 is 1.87 bits per heavy atom. The molecule has 1 heterocycles. The third-order valence-corrected chi connectivity index (χ3v) is 2.90. The number of benzene rings is 1. The van der Waals surface area contributed by atoms with Crippen molar-refractivity contribution in [2.24, 2.45) is 5.14 Å². The molecular formula is C9H9N3O2S. The summed E-state index contributed by atoms with van der Waals surface area (Å²) in [5.74, 6) is 0. The van der Waals surface area contributed by atoms with E-state index in [2.05, 4.69) is 4.98 Å². The van der Waals surface area contributed by atoms with Gasteiger partial charge in [0, 0.05) is 18.1 Å². The van der Waals surface area contributed by atoms with E-state index in [1.54, 1.807) is 35.4 Å². The smallest absolute Gasteiger partial charge is 0.238 e. The summed E-state index contributed by atoms with van der Waals surface area (Å²) in [5, 5.41) is 4.98. The molecule has 1 aromatic carbocycles. The maximum absolute atomic E-state index is 11.0. The van der Waals surface area contributed by atoms with Crippen LogP contribution in [0.25, 0.3) is 5.69 Å². The lowest BCUT2D eigenvalue weighted by Crippen LogP contribution is -2.11. The number of primary sulfonamides is 1. The van der Waals surface area contributed by atoms with E-state index in [-0.39, 0.29) is 4.90 Å². The molecule has 0 aliphatic rings. The van der Waals surface area contributed by atoms with Gasteiger partial charge in [0.2, 0.25) is 10.0 Å². The van der Waals surface area contributed by atoms with E-state index >= 15 is 0 Å². The number of sulfonamides is 1. The molecule has 0 radical (unpaired) electrons. The molecule has 15 heavy (non-hydrogen) atoms. The molecule has 0 saturated carbocycles. The molecule has 2 rings (SSSR count). The van der Waals surface area contributed by atoms with Gasteiger partial charge in [-0.05, 0) is 24.3 Å². The summed E-state index contributed by atoms with van der Waals surface area (Å²) in [7, 11) is -3.61. The molecule has 0 fully saturated rings. The van der Waals surface area contributed by atoms with Gasteiger partial charge in [-0.1, -0.05) is 0 Å². The maximum atomic E-state index is 11.0. The molecule has 0 atom stereocenters. The van der Waals surface area contributed by atoms with Gasteiger partial charge < -0.3 is 4.57 Å². The number of nitrogens with two attached hydrogens (primary N) is 1. The Balaban J connectivity index is 2.42. The van der Waals surface area contributed by atoms with Crippen LogP contribution in [0.5, 0.6) is 0 Å². The van der Waals surface area contributed by atoms with Crippen molar-refractivity contribution in [3.63, 3.8) is 0 Å². The molecule has 5 nitrogen and oxygen atoms in total. The van der Waals surface area contributed by atoms with E-state index < -0.39 is 10.0 Å². The van der Waals surface area contributed by atoms with Crippen molar-refractivity contribution in [1.29, 1.82) is 0 Å². The van der Waals surface area contributed by atoms with E-state index in [4.69, 9.17) is 5.14 Å². The predicted molar refractivity (Wildman–Crippen MR) is 54.9 cm³/mol. The first-order valence-corrected chi connectivity index (χ1v) is 5.73. The molecule has 2 N–H and O–H groups in total. The predicted octanol–water partition coefficient (Wildman–Crippen LogP) is 0.520. The summed E-state index contributed by atoms with van der Waals surface area (Å²) in [4.78, 5) is 3.99. The van der Waals surface area contributed by atoms with Crippen LogP contribution in [0, 0.1) is 0 Å². The number of rotatable bonds is 2. The van der Waals surface area contributed by atoms with E-state index in [1.165, 1.54) is 12.1 Å². The van der Waals surface area contributed by atoms with Crippen LogP contribution < -0.4 is 5.14 Å². The Labute approximate surface area is 87.2 Å². The van der Waals surface area contributed by atoms with Crippen molar-refractivity contribution in [1.82, 2.24) is 9.55 Å². The van der Waals surface area contributed by atoms with E-state index in [0.29, 0.717) is 0 Å². The molecule has 2 aromatic rings. The number of hydrogen-bond acceptors (Lipinski definition) is 3. The van der Waals surface area contributed by atoms with Gasteiger partial charge in [-0.2, -0.15) is 0 Å². The van der Waals surface area contributed by atoms with Crippen LogP contribution in [0.1, 0.15) is 0 Å². The van der Waals surface area contributed by atoms with Crippen LogP contribution >= 0.6 is 0 Å².